The van der Waals surface area contributed by atoms with E-state index in [1.54, 1.807) is 0 Å². The van der Waals surface area contributed by atoms with Crippen LogP contribution >= 0.6 is 0 Å². The zero-order chi connectivity index (χ0) is 13.3. The second-order valence-electron chi connectivity index (χ2n) is 4.09. The van der Waals surface area contributed by atoms with Crippen molar-refractivity contribution in [3.63, 3.8) is 0 Å². The van der Waals surface area contributed by atoms with Crippen LogP contribution < -0.4 is 5.32 Å². The smallest absolute Gasteiger partial charge is 0.322 e. The summed E-state index contributed by atoms with van der Waals surface area (Å²) in [5, 5.41) is 20.8. The number of hydrogen-bond acceptors (Lipinski definition) is 3. The standard InChI is InChI=1S/C11H12F2N2O3/c12-6-1-2-8(7(13)3-6)14-11(18)15-4-9(16)10(17)5-15/h1-3,9-10,16-17H,4-5H2,(H,14,18). The number of benzene rings is 1. The quantitative estimate of drug-likeness (QED) is 0.688. The van der Waals surface area contributed by atoms with Crippen LogP contribution in [-0.4, -0.2) is 46.4 Å². The molecule has 98 valence electrons. The third-order valence-electron chi connectivity index (χ3n) is 2.72. The van der Waals surface area contributed by atoms with Crippen molar-refractivity contribution in [3.8, 4) is 0 Å². The summed E-state index contributed by atoms with van der Waals surface area (Å²) < 4.78 is 25.9. The topological polar surface area (TPSA) is 72.8 Å². The van der Waals surface area contributed by atoms with Gasteiger partial charge in [-0.05, 0) is 12.1 Å². The molecule has 5 nitrogen and oxygen atoms in total. The Hall–Kier alpha value is -1.73. The van der Waals surface area contributed by atoms with Crippen molar-refractivity contribution in [1.82, 2.24) is 4.90 Å². The number of nitrogens with zero attached hydrogens (tertiary/aromatic N) is 1. The summed E-state index contributed by atoms with van der Waals surface area (Å²) in [6.45, 7) is -0.0639. The lowest BCUT2D eigenvalue weighted by molar-refractivity contribution is 0.0572. The van der Waals surface area contributed by atoms with Crippen molar-refractivity contribution in [2.24, 2.45) is 0 Å². The summed E-state index contributed by atoms with van der Waals surface area (Å²) in [6.07, 6.45) is -2.01. The van der Waals surface area contributed by atoms with Gasteiger partial charge in [0.2, 0.25) is 0 Å². The van der Waals surface area contributed by atoms with E-state index in [0.717, 1.165) is 17.0 Å². The molecule has 2 rings (SSSR count). The highest BCUT2D eigenvalue weighted by Crippen LogP contribution is 2.17. The zero-order valence-corrected chi connectivity index (χ0v) is 9.31. The van der Waals surface area contributed by atoms with E-state index in [1.807, 2.05) is 0 Å². The molecule has 2 amide bonds. The molecule has 0 radical (unpaired) electrons. The molecule has 1 aromatic carbocycles. The number of amides is 2. The first-order valence-corrected chi connectivity index (χ1v) is 5.34. The summed E-state index contributed by atoms with van der Waals surface area (Å²) in [7, 11) is 0. The van der Waals surface area contributed by atoms with Crippen LogP contribution in [0.15, 0.2) is 18.2 Å². The van der Waals surface area contributed by atoms with Crippen molar-refractivity contribution >= 4 is 11.7 Å². The number of hydrogen-bond donors (Lipinski definition) is 3. The van der Waals surface area contributed by atoms with Gasteiger partial charge >= 0.3 is 6.03 Å². The van der Waals surface area contributed by atoms with Gasteiger partial charge in [0.1, 0.15) is 11.6 Å². The Morgan fingerprint density at radius 2 is 1.89 bits per heavy atom. The molecule has 1 aliphatic heterocycles. The maximum absolute atomic E-state index is 13.3. The number of urea groups is 1. The van der Waals surface area contributed by atoms with Crippen LogP contribution in [0.3, 0.4) is 0 Å². The molecule has 7 heteroatoms. The van der Waals surface area contributed by atoms with Crippen molar-refractivity contribution < 1.29 is 23.8 Å². The van der Waals surface area contributed by atoms with Crippen LogP contribution in [0.5, 0.6) is 0 Å². The van der Waals surface area contributed by atoms with E-state index < -0.39 is 29.9 Å². The fourth-order valence-corrected chi connectivity index (χ4v) is 1.72. The second-order valence-corrected chi connectivity index (χ2v) is 4.09. The van der Waals surface area contributed by atoms with Crippen LogP contribution in [0.4, 0.5) is 19.3 Å². The Balaban J connectivity index is 2.03. The molecule has 1 saturated heterocycles. The molecule has 2 unspecified atom stereocenters. The van der Waals surface area contributed by atoms with Gasteiger partial charge in [-0.15, -0.1) is 0 Å². The summed E-state index contributed by atoms with van der Waals surface area (Å²) in [4.78, 5) is 12.8. The number of carbonyl (C=O) groups is 1. The number of β-amino-alcohol motifs (C(OH)–C–C–N with tert-alkyl or cyclic N) is 2. The number of nitrogens with one attached hydrogen (secondary N) is 1. The molecule has 1 aromatic rings. The molecule has 0 aliphatic carbocycles. The largest absolute Gasteiger partial charge is 0.388 e. The van der Waals surface area contributed by atoms with Crippen LogP contribution in [-0.2, 0) is 0 Å². The summed E-state index contributed by atoms with van der Waals surface area (Å²) in [5.41, 5.74) is -0.155. The molecular weight excluding hydrogens is 246 g/mol. The van der Waals surface area contributed by atoms with Crippen molar-refractivity contribution in [2.45, 2.75) is 12.2 Å². The Bertz CT molecular complexity index is 460. The van der Waals surface area contributed by atoms with Gasteiger partial charge in [0, 0.05) is 6.07 Å². The lowest BCUT2D eigenvalue weighted by Crippen LogP contribution is -2.34. The minimum Gasteiger partial charge on any atom is -0.388 e. The van der Waals surface area contributed by atoms with Crippen LogP contribution in [0, 0.1) is 11.6 Å². The van der Waals surface area contributed by atoms with Crippen molar-refractivity contribution in [2.75, 3.05) is 18.4 Å². The maximum atomic E-state index is 13.3. The van der Waals surface area contributed by atoms with E-state index in [1.165, 1.54) is 0 Å². The molecule has 0 saturated carbocycles. The van der Waals surface area contributed by atoms with Gasteiger partial charge in [-0.1, -0.05) is 0 Å². The number of halogens is 2. The Morgan fingerprint density at radius 1 is 1.28 bits per heavy atom. The first-order valence-electron chi connectivity index (χ1n) is 5.34. The molecule has 0 bridgehead atoms. The molecular formula is C11H12F2N2O3. The third-order valence-corrected chi connectivity index (χ3v) is 2.72. The van der Waals surface area contributed by atoms with E-state index in [4.69, 9.17) is 0 Å². The van der Waals surface area contributed by atoms with Crippen LogP contribution in [0.25, 0.3) is 0 Å². The van der Waals surface area contributed by atoms with Gasteiger partial charge in [-0.2, -0.15) is 0 Å². The normalized spacial score (nSPS) is 23.2. The molecule has 1 fully saturated rings. The SMILES string of the molecule is O=C(Nc1ccc(F)cc1F)N1CC(O)C(O)C1. The molecule has 2 atom stereocenters. The molecule has 0 spiro atoms. The zero-order valence-electron chi connectivity index (χ0n) is 9.31. The molecule has 1 aliphatic rings. The Labute approximate surface area is 102 Å². The summed E-state index contributed by atoms with van der Waals surface area (Å²) >= 11 is 0. The third kappa shape index (κ3) is 2.57. The van der Waals surface area contributed by atoms with E-state index >= 15 is 0 Å². The predicted molar refractivity (Wildman–Crippen MR) is 59.0 cm³/mol. The Kier molecular flexibility index (Phi) is 3.44. The van der Waals surface area contributed by atoms with E-state index in [9.17, 15) is 23.8 Å². The van der Waals surface area contributed by atoms with Crippen molar-refractivity contribution in [1.29, 1.82) is 0 Å². The van der Waals surface area contributed by atoms with Gasteiger partial charge in [0.25, 0.3) is 0 Å². The van der Waals surface area contributed by atoms with Gasteiger partial charge < -0.3 is 20.4 Å². The summed E-state index contributed by atoms with van der Waals surface area (Å²) in [5.74, 6) is -1.62. The molecule has 18 heavy (non-hydrogen) atoms. The average molecular weight is 258 g/mol. The lowest BCUT2D eigenvalue weighted by Gasteiger charge is -2.16. The summed E-state index contributed by atoms with van der Waals surface area (Å²) in [6, 6.07) is 2.12. The van der Waals surface area contributed by atoms with Crippen molar-refractivity contribution in [3.05, 3.63) is 29.8 Å². The molecule has 0 aromatic heterocycles. The molecule has 3 N–H and O–H groups in total. The van der Waals surface area contributed by atoms with Gasteiger partial charge in [0.05, 0.1) is 31.0 Å². The Morgan fingerprint density at radius 3 is 2.44 bits per heavy atom. The number of rotatable bonds is 1. The number of aliphatic hydroxyl groups excluding tert-OH is 2. The van der Waals surface area contributed by atoms with E-state index in [-0.39, 0.29) is 18.8 Å². The number of likely N-dealkylation sites (tertiary alicyclic amines) is 1. The van der Waals surface area contributed by atoms with E-state index in [2.05, 4.69) is 5.32 Å². The lowest BCUT2D eigenvalue weighted by atomic mass is 10.3. The van der Waals surface area contributed by atoms with Gasteiger partial charge in [-0.25, -0.2) is 13.6 Å². The number of anilines is 1. The fourth-order valence-electron chi connectivity index (χ4n) is 1.72. The predicted octanol–water partition coefficient (Wildman–Crippen LogP) is 0.534. The van der Waals surface area contributed by atoms with Gasteiger partial charge in [0.15, 0.2) is 0 Å². The molecule has 1 heterocycles. The van der Waals surface area contributed by atoms with Crippen LogP contribution in [0.1, 0.15) is 0 Å². The first-order chi connectivity index (χ1) is 8.47. The first kappa shape index (κ1) is 12.7. The highest BCUT2D eigenvalue weighted by Gasteiger charge is 2.32. The monoisotopic (exact) mass is 258 g/mol. The second kappa shape index (κ2) is 4.87. The minimum atomic E-state index is -1.01. The average Bonchev–Trinajstić information content (AvgIpc) is 2.63. The van der Waals surface area contributed by atoms with Crippen LogP contribution in [0.2, 0.25) is 0 Å². The number of carbonyl (C=O) groups excluding carboxylic acids is 1. The highest BCUT2D eigenvalue weighted by molar-refractivity contribution is 5.89. The minimum absolute atomic E-state index is 0.0319. The highest BCUT2D eigenvalue weighted by atomic mass is 19.1. The maximum Gasteiger partial charge on any atom is 0.322 e. The number of aliphatic hydroxyl groups is 2. The van der Waals surface area contributed by atoms with E-state index in [0.29, 0.717) is 6.07 Å². The fraction of sp³-hybridized carbons (Fsp3) is 0.364. The van der Waals surface area contributed by atoms with Gasteiger partial charge in [-0.3, -0.25) is 0 Å².